The van der Waals surface area contributed by atoms with Crippen LogP contribution in [-0.4, -0.2) is 23.8 Å². The summed E-state index contributed by atoms with van der Waals surface area (Å²) < 4.78 is 18.0. The molecule has 1 aromatic rings. The van der Waals surface area contributed by atoms with Crippen molar-refractivity contribution in [2.45, 2.75) is 0 Å². The Kier molecular flexibility index (Phi) is 5.31. The molecule has 0 fully saturated rings. The second kappa shape index (κ2) is 6.53. The molecular formula is C11H8BrClFNO4. The number of ether oxygens (including phenoxy) is 1. The molecule has 0 atom stereocenters. The second-order valence-electron chi connectivity index (χ2n) is 3.23. The lowest BCUT2D eigenvalue weighted by Crippen LogP contribution is -2.15. The summed E-state index contributed by atoms with van der Waals surface area (Å²) in [5.41, 5.74) is -0.686. The number of hydrogen-bond acceptors (Lipinski definition) is 3. The Hall–Kier alpha value is -1.60. The average Bonchev–Trinajstić information content (AvgIpc) is 2.36. The molecule has 8 heteroatoms. The largest absolute Gasteiger partial charge is 0.478 e. The molecule has 0 aliphatic carbocycles. The summed E-state index contributed by atoms with van der Waals surface area (Å²) in [5, 5.41) is 10.7. The lowest BCUT2D eigenvalue weighted by Gasteiger charge is -2.12. The minimum atomic E-state index is -1.42. The van der Waals surface area contributed by atoms with Crippen LogP contribution in [0.25, 0.3) is 0 Å². The van der Waals surface area contributed by atoms with Gasteiger partial charge < -0.3 is 9.84 Å². The SMILES string of the molecule is C=CCOC(=O)Nc1c(Cl)c(C(=O)O)cc(F)c1Br. The van der Waals surface area contributed by atoms with Crippen LogP contribution in [0.1, 0.15) is 10.4 Å². The molecule has 1 amide bonds. The van der Waals surface area contributed by atoms with E-state index in [4.69, 9.17) is 16.7 Å². The lowest BCUT2D eigenvalue weighted by atomic mass is 10.2. The molecule has 0 aliphatic rings. The molecule has 5 nitrogen and oxygen atoms in total. The Morgan fingerprint density at radius 1 is 1.63 bits per heavy atom. The van der Waals surface area contributed by atoms with E-state index in [2.05, 4.69) is 32.6 Å². The van der Waals surface area contributed by atoms with Crippen molar-refractivity contribution in [2.24, 2.45) is 0 Å². The summed E-state index contributed by atoms with van der Waals surface area (Å²) in [6.45, 7) is 3.29. The third kappa shape index (κ3) is 3.68. The summed E-state index contributed by atoms with van der Waals surface area (Å²) in [4.78, 5) is 22.2. The minimum Gasteiger partial charge on any atom is -0.478 e. The summed E-state index contributed by atoms with van der Waals surface area (Å²) in [6, 6.07) is 0.745. The Labute approximate surface area is 121 Å². The van der Waals surface area contributed by atoms with Gasteiger partial charge in [0.15, 0.2) is 0 Å². The van der Waals surface area contributed by atoms with E-state index < -0.39 is 23.4 Å². The number of carbonyl (C=O) groups is 2. The number of aromatic carboxylic acids is 1. The zero-order chi connectivity index (χ0) is 14.6. The number of carbonyl (C=O) groups excluding carboxylic acids is 1. The van der Waals surface area contributed by atoms with Gasteiger partial charge in [-0.25, -0.2) is 14.0 Å². The van der Waals surface area contributed by atoms with Crippen LogP contribution in [0.4, 0.5) is 14.9 Å². The predicted molar refractivity (Wildman–Crippen MR) is 71.2 cm³/mol. The van der Waals surface area contributed by atoms with Gasteiger partial charge in [-0.3, -0.25) is 5.32 Å². The molecule has 0 heterocycles. The Morgan fingerprint density at radius 2 is 2.26 bits per heavy atom. The number of amides is 1. The van der Waals surface area contributed by atoms with E-state index in [0.717, 1.165) is 6.07 Å². The van der Waals surface area contributed by atoms with Crippen LogP contribution >= 0.6 is 27.5 Å². The van der Waals surface area contributed by atoms with Gasteiger partial charge in [0.05, 0.1) is 20.7 Å². The number of nitrogens with one attached hydrogen (secondary N) is 1. The normalized spacial score (nSPS) is 9.84. The average molecular weight is 353 g/mol. The van der Waals surface area contributed by atoms with Crippen molar-refractivity contribution in [1.29, 1.82) is 0 Å². The lowest BCUT2D eigenvalue weighted by molar-refractivity contribution is 0.0696. The topological polar surface area (TPSA) is 75.6 Å². The molecule has 0 unspecified atom stereocenters. The van der Waals surface area contributed by atoms with Gasteiger partial charge in [-0.1, -0.05) is 24.3 Å². The van der Waals surface area contributed by atoms with Crippen molar-refractivity contribution >= 4 is 45.3 Å². The number of hydrogen-bond donors (Lipinski definition) is 2. The van der Waals surface area contributed by atoms with Crippen LogP contribution < -0.4 is 5.32 Å². The van der Waals surface area contributed by atoms with E-state index >= 15 is 0 Å². The number of rotatable bonds is 4. The molecule has 0 aliphatic heterocycles. The highest BCUT2D eigenvalue weighted by Gasteiger charge is 2.21. The molecule has 0 spiro atoms. The molecular weight excluding hydrogens is 344 g/mol. The Balaban J connectivity index is 3.15. The van der Waals surface area contributed by atoms with E-state index in [-0.39, 0.29) is 21.8 Å². The maximum atomic E-state index is 13.5. The van der Waals surface area contributed by atoms with Gasteiger partial charge in [0, 0.05) is 0 Å². The van der Waals surface area contributed by atoms with Gasteiger partial charge in [-0.05, 0) is 22.0 Å². The fourth-order valence-corrected chi connectivity index (χ4v) is 1.95. The fourth-order valence-electron chi connectivity index (χ4n) is 1.14. The van der Waals surface area contributed by atoms with E-state index in [1.807, 2.05) is 0 Å². The molecule has 0 saturated carbocycles. The molecule has 102 valence electrons. The predicted octanol–water partition coefficient (Wildman–Crippen LogP) is 3.67. The third-order valence-corrected chi connectivity index (χ3v) is 3.11. The highest BCUT2D eigenvalue weighted by atomic mass is 79.9. The number of carboxylic acids is 1. The molecule has 0 bridgehead atoms. The molecule has 2 N–H and O–H groups in total. The number of carboxylic acid groups (broad SMARTS) is 1. The standard InChI is InChI=1S/C11H8BrClFNO4/c1-2-3-19-11(18)15-9-7(12)6(14)4-5(8(9)13)10(16)17/h2,4H,1,3H2,(H,15,18)(H,16,17). The summed E-state index contributed by atoms with van der Waals surface area (Å²) in [5.74, 6) is -2.29. The Morgan fingerprint density at radius 3 is 2.79 bits per heavy atom. The minimum absolute atomic E-state index is 0.0534. The molecule has 0 saturated heterocycles. The molecule has 1 rings (SSSR count). The Bertz CT molecular complexity index is 550. The fraction of sp³-hybridized carbons (Fsp3) is 0.0909. The molecule has 1 aromatic carbocycles. The number of halogens is 3. The van der Waals surface area contributed by atoms with Gasteiger partial charge in [-0.2, -0.15) is 0 Å². The van der Waals surface area contributed by atoms with Crippen molar-refractivity contribution in [3.05, 3.63) is 39.6 Å². The summed E-state index contributed by atoms with van der Waals surface area (Å²) in [7, 11) is 0. The molecule has 0 aromatic heterocycles. The number of benzene rings is 1. The van der Waals surface area contributed by atoms with Gasteiger partial charge >= 0.3 is 12.1 Å². The highest BCUT2D eigenvalue weighted by molar-refractivity contribution is 9.10. The van der Waals surface area contributed by atoms with E-state index in [9.17, 15) is 14.0 Å². The number of anilines is 1. The third-order valence-electron chi connectivity index (χ3n) is 1.95. The van der Waals surface area contributed by atoms with Crippen molar-refractivity contribution in [2.75, 3.05) is 11.9 Å². The van der Waals surface area contributed by atoms with Crippen LogP contribution in [-0.2, 0) is 4.74 Å². The van der Waals surface area contributed by atoms with Crippen molar-refractivity contribution < 1.29 is 23.8 Å². The van der Waals surface area contributed by atoms with Crippen LogP contribution in [0.2, 0.25) is 5.02 Å². The second-order valence-corrected chi connectivity index (χ2v) is 4.40. The van der Waals surface area contributed by atoms with Crippen LogP contribution in [0.15, 0.2) is 23.2 Å². The zero-order valence-electron chi connectivity index (χ0n) is 9.37. The van der Waals surface area contributed by atoms with Crippen LogP contribution in [0.3, 0.4) is 0 Å². The smallest absolute Gasteiger partial charge is 0.412 e. The molecule has 19 heavy (non-hydrogen) atoms. The first kappa shape index (κ1) is 15.5. The van der Waals surface area contributed by atoms with Crippen molar-refractivity contribution in [3.63, 3.8) is 0 Å². The van der Waals surface area contributed by atoms with Gasteiger partial charge in [0.25, 0.3) is 0 Å². The highest BCUT2D eigenvalue weighted by Crippen LogP contribution is 2.36. The first-order chi connectivity index (χ1) is 8.88. The zero-order valence-corrected chi connectivity index (χ0v) is 11.7. The maximum Gasteiger partial charge on any atom is 0.412 e. The van der Waals surface area contributed by atoms with Gasteiger partial charge in [0.1, 0.15) is 12.4 Å². The first-order valence-corrected chi connectivity index (χ1v) is 6.01. The molecule has 0 radical (unpaired) electrons. The van der Waals surface area contributed by atoms with E-state index in [0.29, 0.717) is 0 Å². The van der Waals surface area contributed by atoms with Crippen LogP contribution in [0.5, 0.6) is 0 Å². The van der Waals surface area contributed by atoms with E-state index in [1.54, 1.807) is 0 Å². The summed E-state index contributed by atoms with van der Waals surface area (Å²) >= 11 is 8.66. The van der Waals surface area contributed by atoms with E-state index in [1.165, 1.54) is 6.08 Å². The monoisotopic (exact) mass is 351 g/mol. The van der Waals surface area contributed by atoms with Gasteiger partial charge in [0.2, 0.25) is 0 Å². The quantitative estimate of drug-likeness (QED) is 0.640. The van der Waals surface area contributed by atoms with Crippen LogP contribution in [0, 0.1) is 5.82 Å². The van der Waals surface area contributed by atoms with Crippen molar-refractivity contribution in [1.82, 2.24) is 0 Å². The maximum absolute atomic E-state index is 13.5. The van der Waals surface area contributed by atoms with Crippen molar-refractivity contribution in [3.8, 4) is 0 Å². The summed E-state index contributed by atoms with van der Waals surface area (Å²) in [6.07, 6.45) is 0.425. The first-order valence-electron chi connectivity index (χ1n) is 4.84. The van der Waals surface area contributed by atoms with Gasteiger partial charge in [-0.15, -0.1) is 0 Å².